The summed E-state index contributed by atoms with van der Waals surface area (Å²) in [6.45, 7) is 3.53. The van der Waals surface area contributed by atoms with Gasteiger partial charge in [-0.2, -0.15) is 0 Å². The van der Waals surface area contributed by atoms with E-state index in [4.69, 9.17) is 0 Å². The fraction of sp³-hybridized carbons (Fsp3) is 0.400. The smallest absolute Gasteiger partial charge is 0.227 e. The van der Waals surface area contributed by atoms with Crippen LogP contribution in [0.1, 0.15) is 5.56 Å². The summed E-state index contributed by atoms with van der Waals surface area (Å²) in [6, 6.07) is 7.87. The molecule has 0 radical (unpaired) electrons. The predicted molar refractivity (Wildman–Crippen MR) is 79.1 cm³/mol. The summed E-state index contributed by atoms with van der Waals surface area (Å²) in [5.41, 5.74) is 1.93. The summed E-state index contributed by atoms with van der Waals surface area (Å²) in [4.78, 5) is 16.5. The first-order chi connectivity index (χ1) is 10.2. The highest BCUT2D eigenvalue weighted by atomic mass is 16.2. The van der Waals surface area contributed by atoms with Crippen molar-refractivity contribution in [3.63, 3.8) is 0 Å². The number of nitrogens with zero attached hydrogens (tertiary/aromatic N) is 5. The zero-order chi connectivity index (χ0) is 14.7. The first kappa shape index (κ1) is 13.8. The molecule has 0 saturated carbocycles. The lowest BCUT2D eigenvalue weighted by molar-refractivity contribution is -0.132. The maximum atomic E-state index is 12.3. The van der Waals surface area contributed by atoms with E-state index < -0.39 is 0 Å². The molecule has 0 bridgehead atoms. The molecule has 1 fully saturated rings. The Morgan fingerprint density at radius 1 is 1.24 bits per heavy atom. The van der Waals surface area contributed by atoms with E-state index in [0.29, 0.717) is 6.42 Å². The molecule has 2 heterocycles. The number of carbonyl (C=O) groups is 1. The van der Waals surface area contributed by atoms with Gasteiger partial charge in [-0.05, 0) is 24.7 Å². The Morgan fingerprint density at radius 3 is 2.76 bits per heavy atom. The van der Waals surface area contributed by atoms with Gasteiger partial charge in [0.1, 0.15) is 0 Å². The summed E-state index contributed by atoms with van der Waals surface area (Å²) >= 11 is 0. The van der Waals surface area contributed by atoms with Gasteiger partial charge in [-0.1, -0.05) is 17.3 Å². The Bertz CT molecular complexity index is 602. The van der Waals surface area contributed by atoms with Crippen LogP contribution in [0.4, 0.5) is 0 Å². The molecule has 1 aromatic carbocycles. The molecule has 0 N–H and O–H groups in total. The average Bonchev–Trinajstić information content (AvgIpc) is 3.02. The van der Waals surface area contributed by atoms with Crippen LogP contribution in [0.5, 0.6) is 0 Å². The number of likely N-dealkylation sites (N-methyl/N-ethyl adjacent to an activating group) is 1. The summed E-state index contributed by atoms with van der Waals surface area (Å²) in [6.07, 6.45) is 3.87. The minimum absolute atomic E-state index is 0.193. The third kappa shape index (κ3) is 3.28. The van der Waals surface area contributed by atoms with Crippen molar-refractivity contribution in [2.24, 2.45) is 0 Å². The molecule has 21 heavy (non-hydrogen) atoms. The van der Waals surface area contributed by atoms with E-state index >= 15 is 0 Å². The minimum Gasteiger partial charge on any atom is -0.340 e. The van der Waals surface area contributed by atoms with Crippen LogP contribution in [0, 0.1) is 0 Å². The van der Waals surface area contributed by atoms with Gasteiger partial charge in [0.15, 0.2) is 0 Å². The van der Waals surface area contributed by atoms with Crippen LogP contribution in [0.3, 0.4) is 0 Å². The third-order valence-electron chi connectivity index (χ3n) is 3.81. The van der Waals surface area contributed by atoms with Crippen LogP contribution < -0.4 is 0 Å². The lowest BCUT2D eigenvalue weighted by atomic mass is 10.1. The normalized spacial score (nSPS) is 16.1. The molecule has 0 atom stereocenters. The molecule has 6 nitrogen and oxygen atoms in total. The second-order valence-electron chi connectivity index (χ2n) is 5.38. The van der Waals surface area contributed by atoms with Crippen molar-refractivity contribution in [2.45, 2.75) is 6.42 Å². The molecule has 1 aliphatic heterocycles. The SMILES string of the molecule is CN1CCN(C(=O)Cc2cccc(-n3ccnn3)c2)CC1. The molecular weight excluding hydrogens is 266 g/mol. The topological polar surface area (TPSA) is 54.3 Å². The van der Waals surface area contributed by atoms with Gasteiger partial charge < -0.3 is 9.80 Å². The molecule has 1 aromatic heterocycles. The predicted octanol–water partition coefficient (Wildman–Crippen LogP) is 0.584. The van der Waals surface area contributed by atoms with Crippen LogP contribution >= 0.6 is 0 Å². The highest BCUT2D eigenvalue weighted by Crippen LogP contribution is 2.11. The minimum atomic E-state index is 0.193. The molecule has 1 aliphatic rings. The zero-order valence-electron chi connectivity index (χ0n) is 12.1. The van der Waals surface area contributed by atoms with Crippen LogP contribution in [-0.4, -0.2) is 63.9 Å². The molecule has 0 spiro atoms. The first-order valence-electron chi connectivity index (χ1n) is 7.14. The molecule has 6 heteroatoms. The van der Waals surface area contributed by atoms with Gasteiger partial charge in [0.25, 0.3) is 0 Å². The highest BCUT2D eigenvalue weighted by Gasteiger charge is 2.19. The molecule has 110 valence electrons. The molecule has 0 aliphatic carbocycles. The summed E-state index contributed by atoms with van der Waals surface area (Å²) in [7, 11) is 2.09. The maximum Gasteiger partial charge on any atom is 0.227 e. The quantitative estimate of drug-likeness (QED) is 0.828. The van der Waals surface area contributed by atoms with Gasteiger partial charge in [0.05, 0.1) is 24.5 Å². The number of rotatable bonds is 3. The van der Waals surface area contributed by atoms with Crippen molar-refractivity contribution in [1.82, 2.24) is 24.8 Å². The van der Waals surface area contributed by atoms with Crippen LogP contribution in [-0.2, 0) is 11.2 Å². The molecule has 2 aromatic rings. The Labute approximate surface area is 124 Å². The van der Waals surface area contributed by atoms with Gasteiger partial charge >= 0.3 is 0 Å². The van der Waals surface area contributed by atoms with Crippen molar-refractivity contribution in [3.8, 4) is 5.69 Å². The van der Waals surface area contributed by atoms with E-state index in [9.17, 15) is 4.79 Å². The van der Waals surface area contributed by atoms with Crippen molar-refractivity contribution in [1.29, 1.82) is 0 Å². The largest absolute Gasteiger partial charge is 0.340 e. The van der Waals surface area contributed by atoms with E-state index in [1.165, 1.54) is 0 Å². The summed E-state index contributed by atoms with van der Waals surface area (Å²) < 4.78 is 1.70. The highest BCUT2D eigenvalue weighted by molar-refractivity contribution is 5.79. The van der Waals surface area contributed by atoms with Gasteiger partial charge in [-0.3, -0.25) is 4.79 Å². The van der Waals surface area contributed by atoms with Crippen molar-refractivity contribution >= 4 is 5.91 Å². The van der Waals surface area contributed by atoms with Crippen molar-refractivity contribution in [2.75, 3.05) is 33.2 Å². The fourth-order valence-electron chi connectivity index (χ4n) is 2.50. The first-order valence-corrected chi connectivity index (χ1v) is 7.14. The molecule has 0 unspecified atom stereocenters. The number of aromatic nitrogens is 3. The number of piperazine rings is 1. The average molecular weight is 285 g/mol. The lowest BCUT2D eigenvalue weighted by Gasteiger charge is -2.32. The Hall–Kier alpha value is -2.21. The van der Waals surface area contributed by atoms with Crippen LogP contribution in [0.25, 0.3) is 5.69 Å². The Kier molecular flexibility index (Phi) is 3.96. The molecule has 1 amide bonds. The standard InChI is InChI=1S/C15H19N5O/c1-18-7-9-19(10-8-18)15(21)12-13-3-2-4-14(11-13)20-6-5-16-17-20/h2-6,11H,7-10,12H2,1H3. The number of hydrogen-bond acceptors (Lipinski definition) is 4. The van der Waals surface area contributed by atoms with Gasteiger partial charge in [-0.25, -0.2) is 4.68 Å². The Morgan fingerprint density at radius 2 is 2.05 bits per heavy atom. The van der Waals surface area contributed by atoms with Gasteiger partial charge in [0.2, 0.25) is 5.91 Å². The number of benzene rings is 1. The number of carbonyl (C=O) groups excluding carboxylic acids is 1. The zero-order valence-corrected chi connectivity index (χ0v) is 12.1. The van der Waals surface area contributed by atoms with Gasteiger partial charge in [0, 0.05) is 26.2 Å². The number of hydrogen-bond donors (Lipinski definition) is 0. The van der Waals surface area contributed by atoms with E-state index in [0.717, 1.165) is 37.4 Å². The second-order valence-corrected chi connectivity index (χ2v) is 5.38. The van der Waals surface area contributed by atoms with Crippen molar-refractivity contribution < 1.29 is 4.79 Å². The molecule has 1 saturated heterocycles. The van der Waals surface area contributed by atoms with Gasteiger partial charge in [-0.15, -0.1) is 5.10 Å². The summed E-state index contributed by atoms with van der Waals surface area (Å²) in [5, 5.41) is 7.77. The van der Waals surface area contributed by atoms with E-state index in [2.05, 4.69) is 22.3 Å². The summed E-state index contributed by atoms with van der Waals surface area (Å²) in [5.74, 6) is 0.193. The van der Waals surface area contributed by atoms with E-state index in [-0.39, 0.29) is 5.91 Å². The second kappa shape index (κ2) is 6.05. The fourth-order valence-corrected chi connectivity index (χ4v) is 2.50. The van der Waals surface area contributed by atoms with E-state index in [1.807, 2.05) is 29.2 Å². The van der Waals surface area contributed by atoms with Crippen LogP contribution in [0.2, 0.25) is 0 Å². The van der Waals surface area contributed by atoms with Crippen molar-refractivity contribution in [3.05, 3.63) is 42.2 Å². The molecular formula is C15H19N5O. The van der Waals surface area contributed by atoms with E-state index in [1.54, 1.807) is 17.1 Å². The third-order valence-corrected chi connectivity index (χ3v) is 3.81. The molecule has 3 rings (SSSR count). The monoisotopic (exact) mass is 285 g/mol. The van der Waals surface area contributed by atoms with Crippen LogP contribution in [0.15, 0.2) is 36.7 Å². The number of amides is 1. The Balaban J connectivity index is 1.67. The lowest BCUT2D eigenvalue weighted by Crippen LogP contribution is -2.47. The maximum absolute atomic E-state index is 12.3.